The summed E-state index contributed by atoms with van der Waals surface area (Å²) in [4.78, 5) is 28.3. The van der Waals surface area contributed by atoms with E-state index >= 15 is 0 Å². The van der Waals surface area contributed by atoms with Crippen molar-refractivity contribution in [3.05, 3.63) is 94.2 Å². The lowest BCUT2D eigenvalue weighted by Gasteiger charge is -2.23. The number of hydrogen-bond acceptors (Lipinski definition) is 5. The number of fused-ring (bicyclic) bond motifs is 2. The molecule has 4 rings (SSSR count). The molecule has 0 saturated carbocycles. The highest BCUT2D eigenvalue weighted by atomic mass is 32.2. The molecule has 0 aliphatic carbocycles. The van der Waals surface area contributed by atoms with Crippen molar-refractivity contribution in [2.45, 2.75) is 16.3 Å². The highest BCUT2D eigenvalue weighted by molar-refractivity contribution is 7.91. The van der Waals surface area contributed by atoms with Gasteiger partial charge < -0.3 is 4.90 Å². The lowest BCUT2D eigenvalue weighted by atomic mass is 10.0. The molecule has 29 heavy (non-hydrogen) atoms. The molecule has 2 aromatic carbocycles. The molecule has 0 atom stereocenters. The van der Waals surface area contributed by atoms with Crippen LogP contribution in [0.25, 0.3) is 0 Å². The molecule has 0 bridgehead atoms. The quantitative estimate of drug-likeness (QED) is 0.456. The van der Waals surface area contributed by atoms with Gasteiger partial charge in [0.15, 0.2) is 5.78 Å². The maximum atomic E-state index is 13.1. The minimum Gasteiger partial charge on any atom is -0.330 e. The van der Waals surface area contributed by atoms with Crippen LogP contribution < -0.4 is 0 Å². The van der Waals surface area contributed by atoms with Gasteiger partial charge in [-0.2, -0.15) is 0 Å². The normalized spacial score (nSPS) is 14.0. The second-order valence-corrected chi connectivity index (χ2v) is 9.51. The zero-order valence-electron chi connectivity index (χ0n) is 15.4. The Morgan fingerprint density at radius 3 is 2.52 bits per heavy atom. The van der Waals surface area contributed by atoms with E-state index in [-0.39, 0.29) is 38.2 Å². The van der Waals surface area contributed by atoms with Crippen LogP contribution in [0.15, 0.2) is 82.4 Å². The molecule has 1 aromatic heterocycles. The van der Waals surface area contributed by atoms with Crippen LogP contribution in [0.2, 0.25) is 0 Å². The minimum absolute atomic E-state index is 0.0244. The van der Waals surface area contributed by atoms with E-state index in [9.17, 15) is 18.0 Å². The van der Waals surface area contributed by atoms with Crippen LogP contribution in [0.3, 0.4) is 0 Å². The summed E-state index contributed by atoms with van der Waals surface area (Å²) in [6, 6.07) is 14.2. The van der Waals surface area contributed by atoms with Crippen LogP contribution in [-0.2, 0) is 16.4 Å². The number of benzene rings is 2. The first-order chi connectivity index (χ1) is 13.9. The van der Waals surface area contributed by atoms with E-state index in [0.717, 1.165) is 4.88 Å². The summed E-state index contributed by atoms with van der Waals surface area (Å²) < 4.78 is 26.2. The van der Waals surface area contributed by atoms with Gasteiger partial charge in [-0.25, -0.2) is 8.42 Å². The fraction of sp³-hybridized carbons (Fsp3) is 0.0909. The number of hydrogen-bond donors (Lipinski definition) is 0. The van der Waals surface area contributed by atoms with E-state index in [1.54, 1.807) is 23.1 Å². The van der Waals surface area contributed by atoms with E-state index in [0.29, 0.717) is 13.1 Å². The molecule has 2 heterocycles. The Balaban J connectivity index is 1.76. The Hall–Kier alpha value is -3.03. The van der Waals surface area contributed by atoms with Crippen molar-refractivity contribution < 1.29 is 18.0 Å². The van der Waals surface area contributed by atoms with Crippen LogP contribution in [0, 0.1) is 0 Å². The summed E-state index contributed by atoms with van der Waals surface area (Å²) in [5, 5.41) is 1.93. The molecule has 7 heteroatoms. The van der Waals surface area contributed by atoms with E-state index in [2.05, 4.69) is 6.58 Å². The second-order valence-electron chi connectivity index (χ2n) is 6.59. The maximum Gasteiger partial charge on any atom is 0.254 e. The predicted octanol–water partition coefficient (Wildman–Crippen LogP) is 3.95. The highest BCUT2D eigenvalue weighted by Crippen LogP contribution is 2.35. The van der Waals surface area contributed by atoms with Crippen molar-refractivity contribution in [3.63, 3.8) is 0 Å². The summed E-state index contributed by atoms with van der Waals surface area (Å²) in [5.74, 6) is -0.673. The summed E-state index contributed by atoms with van der Waals surface area (Å²) >= 11 is 1.54. The van der Waals surface area contributed by atoms with Gasteiger partial charge in [0.05, 0.1) is 16.3 Å². The molecule has 1 amide bonds. The SMILES string of the molecule is C=CCN(Cc1cccs1)C(=O)c1ccc2c(c1)S(=O)(=O)c1ccccc1C2=O. The van der Waals surface area contributed by atoms with Gasteiger partial charge in [-0.3, -0.25) is 9.59 Å². The fourth-order valence-corrected chi connectivity index (χ4v) is 5.76. The van der Waals surface area contributed by atoms with Gasteiger partial charge >= 0.3 is 0 Å². The molecule has 5 nitrogen and oxygen atoms in total. The number of ketones is 1. The van der Waals surface area contributed by atoms with Crippen molar-refractivity contribution >= 4 is 32.9 Å². The second kappa shape index (κ2) is 7.42. The third kappa shape index (κ3) is 3.32. The molecule has 0 unspecified atom stereocenters. The maximum absolute atomic E-state index is 13.1. The molecule has 1 aliphatic rings. The molecular formula is C22H17NO4S2. The van der Waals surface area contributed by atoms with Crippen LogP contribution in [0.1, 0.15) is 31.2 Å². The number of sulfone groups is 1. The monoisotopic (exact) mass is 423 g/mol. The average Bonchev–Trinajstić information content (AvgIpc) is 3.24. The van der Waals surface area contributed by atoms with E-state index in [1.807, 2.05) is 17.5 Å². The minimum atomic E-state index is -3.89. The van der Waals surface area contributed by atoms with E-state index in [4.69, 9.17) is 0 Å². The molecule has 146 valence electrons. The molecule has 0 spiro atoms. The number of nitrogens with zero attached hydrogens (tertiary/aromatic N) is 1. The molecular weight excluding hydrogens is 406 g/mol. The lowest BCUT2D eigenvalue weighted by Crippen LogP contribution is -2.31. The predicted molar refractivity (Wildman–Crippen MR) is 111 cm³/mol. The number of rotatable bonds is 5. The Labute approximate surface area is 172 Å². The number of carbonyl (C=O) groups excluding carboxylic acids is 2. The van der Waals surface area contributed by atoms with Crippen molar-refractivity contribution in [2.24, 2.45) is 0 Å². The van der Waals surface area contributed by atoms with Crippen molar-refractivity contribution in [3.8, 4) is 0 Å². The molecule has 0 saturated heterocycles. The first kappa shape index (κ1) is 19.3. The van der Waals surface area contributed by atoms with Crippen molar-refractivity contribution in [1.82, 2.24) is 4.90 Å². The van der Waals surface area contributed by atoms with Gasteiger partial charge in [0.25, 0.3) is 5.91 Å². The van der Waals surface area contributed by atoms with E-state index < -0.39 is 9.84 Å². The van der Waals surface area contributed by atoms with Gasteiger partial charge in [0, 0.05) is 28.1 Å². The largest absolute Gasteiger partial charge is 0.330 e. The van der Waals surface area contributed by atoms with Gasteiger partial charge in [-0.05, 0) is 41.8 Å². The first-order valence-corrected chi connectivity index (χ1v) is 11.2. The van der Waals surface area contributed by atoms with Crippen LogP contribution in [0.4, 0.5) is 0 Å². The van der Waals surface area contributed by atoms with Crippen LogP contribution in [-0.4, -0.2) is 31.6 Å². The Bertz CT molecular complexity index is 1230. The summed E-state index contributed by atoms with van der Waals surface area (Å²) in [6.45, 7) is 4.42. The number of carbonyl (C=O) groups is 2. The third-order valence-electron chi connectivity index (χ3n) is 4.75. The van der Waals surface area contributed by atoms with Gasteiger partial charge in [0.2, 0.25) is 9.84 Å². The Kier molecular flexibility index (Phi) is 4.94. The van der Waals surface area contributed by atoms with Gasteiger partial charge in [-0.1, -0.05) is 24.3 Å². The zero-order valence-corrected chi connectivity index (χ0v) is 17.0. The molecule has 0 radical (unpaired) electrons. The van der Waals surface area contributed by atoms with Gasteiger partial charge in [-0.15, -0.1) is 17.9 Å². The lowest BCUT2D eigenvalue weighted by molar-refractivity contribution is 0.0763. The first-order valence-electron chi connectivity index (χ1n) is 8.89. The van der Waals surface area contributed by atoms with Crippen molar-refractivity contribution in [2.75, 3.05) is 6.54 Å². The van der Waals surface area contributed by atoms with Crippen molar-refractivity contribution in [1.29, 1.82) is 0 Å². The molecule has 1 aliphatic heterocycles. The summed E-state index contributed by atoms with van der Waals surface area (Å²) in [7, 11) is -3.89. The topological polar surface area (TPSA) is 71.5 Å². The van der Waals surface area contributed by atoms with Crippen LogP contribution in [0.5, 0.6) is 0 Å². The van der Waals surface area contributed by atoms with E-state index in [1.165, 1.54) is 41.7 Å². The highest BCUT2D eigenvalue weighted by Gasteiger charge is 2.35. The zero-order chi connectivity index (χ0) is 20.6. The Morgan fingerprint density at radius 2 is 1.79 bits per heavy atom. The summed E-state index contributed by atoms with van der Waals surface area (Å²) in [5.41, 5.74) is 0.469. The van der Waals surface area contributed by atoms with Gasteiger partial charge in [0.1, 0.15) is 0 Å². The number of amides is 1. The summed E-state index contributed by atoms with van der Waals surface area (Å²) in [6.07, 6.45) is 1.63. The average molecular weight is 424 g/mol. The fourth-order valence-electron chi connectivity index (χ4n) is 3.37. The van der Waals surface area contributed by atoms with Crippen LogP contribution >= 0.6 is 11.3 Å². The number of thiophene rings is 1. The standard InChI is InChI=1S/C22H17NO4S2/c1-2-11-23(14-16-6-5-12-28-16)22(25)15-9-10-18-20(13-15)29(26,27)19-8-4-3-7-17(19)21(18)24/h2-10,12-13H,1,11,14H2. The molecule has 0 fully saturated rings. The molecule has 3 aromatic rings. The molecule has 0 N–H and O–H groups in total. The smallest absolute Gasteiger partial charge is 0.254 e. The Morgan fingerprint density at radius 1 is 1.03 bits per heavy atom. The third-order valence-corrected chi connectivity index (χ3v) is 7.46.